The van der Waals surface area contributed by atoms with Gasteiger partial charge in [0, 0.05) is 19.2 Å². The zero-order chi connectivity index (χ0) is 19.1. The van der Waals surface area contributed by atoms with E-state index >= 15 is 0 Å². The fourth-order valence-electron chi connectivity index (χ4n) is 2.70. The Bertz CT molecular complexity index is 913. The molecule has 0 amide bonds. The van der Waals surface area contributed by atoms with E-state index in [1.807, 2.05) is 0 Å². The number of aromatic nitrogens is 2. The van der Waals surface area contributed by atoms with E-state index in [0.717, 1.165) is 16.4 Å². The molecule has 26 heavy (non-hydrogen) atoms. The molecule has 0 saturated carbocycles. The highest BCUT2D eigenvalue weighted by molar-refractivity contribution is 7.89. The van der Waals surface area contributed by atoms with Crippen LogP contribution in [-0.2, 0) is 16.2 Å². The monoisotopic (exact) mass is 397 g/mol. The Morgan fingerprint density at radius 3 is 2.54 bits per heavy atom. The standard InChI is InChI=1S/C14H12F5N3O3S/c15-9-3-4-11(10(16)6-9)26(23,24)22-5-1-2-8(7-22)12-20-21-13(25-12)14(17,18)19/h3-4,6,8H,1-2,5,7H2. The van der Waals surface area contributed by atoms with E-state index in [4.69, 9.17) is 0 Å². The molecule has 6 nitrogen and oxygen atoms in total. The minimum Gasteiger partial charge on any atom is -0.417 e. The smallest absolute Gasteiger partial charge is 0.417 e. The second-order valence-electron chi connectivity index (χ2n) is 5.72. The Morgan fingerprint density at radius 1 is 1.19 bits per heavy atom. The van der Waals surface area contributed by atoms with E-state index in [1.54, 1.807) is 0 Å². The van der Waals surface area contributed by atoms with E-state index in [-0.39, 0.29) is 19.0 Å². The molecule has 3 rings (SSSR count). The van der Waals surface area contributed by atoms with Crippen molar-refractivity contribution in [2.24, 2.45) is 0 Å². The SMILES string of the molecule is O=S(=O)(c1ccc(F)cc1F)N1CCCC(c2nnc(C(F)(F)F)o2)C1. The molecule has 0 N–H and O–H groups in total. The van der Waals surface area contributed by atoms with Gasteiger partial charge in [0.15, 0.2) is 0 Å². The number of nitrogens with zero attached hydrogens (tertiary/aromatic N) is 3. The van der Waals surface area contributed by atoms with Crippen molar-refractivity contribution >= 4 is 10.0 Å². The molecule has 1 aromatic carbocycles. The summed E-state index contributed by atoms with van der Waals surface area (Å²) < 4.78 is 95.2. The van der Waals surface area contributed by atoms with Crippen molar-refractivity contribution in [3.8, 4) is 0 Å². The third-order valence-electron chi connectivity index (χ3n) is 3.93. The lowest BCUT2D eigenvalue weighted by atomic mass is 10.00. The highest BCUT2D eigenvalue weighted by atomic mass is 32.2. The van der Waals surface area contributed by atoms with Crippen LogP contribution in [0.1, 0.15) is 30.5 Å². The number of hydrogen-bond donors (Lipinski definition) is 0. The molecule has 1 aliphatic rings. The largest absolute Gasteiger partial charge is 0.470 e. The number of rotatable bonds is 3. The number of alkyl halides is 3. The van der Waals surface area contributed by atoms with Crippen molar-refractivity contribution in [1.82, 2.24) is 14.5 Å². The average Bonchev–Trinajstić information content (AvgIpc) is 3.05. The van der Waals surface area contributed by atoms with Crippen LogP contribution in [0.3, 0.4) is 0 Å². The van der Waals surface area contributed by atoms with E-state index in [1.165, 1.54) is 0 Å². The average molecular weight is 397 g/mol. The van der Waals surface area contributed by atoms with E-state index in [9.17, 15) is 30.4 Å². The molecular formula is C14H12F5N3O3S. The zero-order valence-electron chi connectivity index (χ0n) is 13.0. The maximum Gasteiger partial charge on any atom is 0.470 e. The third kappa shape index (κ3) is 3.56. The summed E-state index contributed by atoms with van der Waals surface area (Å²) in [5, 5.41) is 6.26. The van der Waals surface area contributed by atoms with Gasteiger partial charge in [-0.3, -0.25) is 0 Å². The molecule has 1 aromatic heterocycles. The maximum absolute atomic E-state index is 13.8. The van der Waals surface area contributed by atoms with Crippen molar-refractivity contribution in [1.29, 1.82) is 0 Å². The van der Waals surface area contributed by atoms with Crippen molar-refractivity contribution in [2.45, 2.75) is 29.8 Å². The number of benzene rings is 1. The Kier molecular flexibility index (Phi) is 4.73. The van der Waals surface area contributed by atoms with Crippen LogP contribution >= 0.6 is 0 Å². The number of hydrogen-bond acceptors (Lipinski definition) is 5. The molecule has 1 aliphatic heterocycles. The van der Waals surface area contributed by atoms with Gasteiger partial charge in [0.25, 0.3) is 0 Å². The molecular weight excluding hydrogens is 385 g/mol. The molecule has 1 saturated heterocycles. The molecule has 2 aromatic rings. The van der Waals surface area contributed by atoms with E-state index in [0.29, 0.717) is 18.9 Å². The highest BCUT2D eigenvalue weighted by Gasteiger charge is 2.40. The number of sulfonamides is 1. The van der Waals surface area contributed by atoms with Gasteiger partial charge in [0.05, 0.1) is 5.92 Å². The first-order chi connectivity index (χ1) is 12.1. The molecule has 2 heterocycles. The fraction of sp³-hybridized carbons (Fsp3) is 0.429. The van der Waals surface area contributed by atoms with Gasteiger partial charge < -0.3 is 4.42 Å². The van der Waals surface area contributed by atoms with Crippen molar-refractivity contribution in [2.75, 3.05) is 13.1 Å². The minimum atomic E-state index is -4.80. The molecule has 12 heteroatoms. The molecule has 0 bridgehead atoms. The molecule has 0 radical (unpaired) electrons. The first-order valence-corrected chi connectivity index (χ1v) is 8.89. The summed E-state index contributed by atoms with van der Waals surface area (Å²) in [5.74, 6) is -4.78. The zero-order valence-corrected chi connectivity index (χ0v) is 13.8. The lowest BCUT2D eigenvalue weighted by Crippen LogP contribution is -2.39. The summed E-state index contributed by atoms with van der Waals surface area (Å²) in [6.45, 7) is -0.214. The fourth-order valence-corrected chi connectivity index (χ4v) is 4.27. The Balaban J connectivity index is 1.85. The summed E-state index contributed by atoms with van der Waals surface area (Å²) in [4.78, 5) is -0.707. The lowest BCUT2D eigenvalue weighted by Gasteiger charge is -2.30. The van der Waals surface area contributed by atoms with Gasteiger partial charge in [0.2, 0.25) is 15.9 Å². The third-order valence-corrected chi connectivity index (χ3v) is 5.83. The van der Waals surface area contributed by atoms with Crippen molar-refractivity contribution in [3.63, 3.8) is 0 Å². The van der Waals surface area contributed by atoms with Gasteiger partial charge in [-0.2, -0.15) is 17.5 Å². The predicted molar refractivity (Wildman–Crippen MR) is 76.4 cm³/mol. The molecule has 1 atom stereocenters. The number of piperidine rings is 1. The van der Waals surface area contributed by atoms with Crippen LogP contribution in [-0.4, -0.2) is 36.0 Å². The maximum atomic E-state index is 13.8. The van der Waals surface area contributed by atoms with E-state index < -0.39 is 44.5 Å². The Hall–Kier alpha value is -2.08. The van der Waals surface area contributed by atoms with Crippen LogP contribution in [0.25, 0.3) is 0 Å². The second kappa shape index (κ2) is 6.58. The summed E-state index contributed by atoms with van der Waals surface area (Å²) in [5.41, 5.74) is 0. The van der Waals surface area contributed by atoms with Crippen LogP contribution in [0.5, 0.6) is 0 Å². The molecule has 0 aliphatic carbocycles. The Morgan fingerprint density at radius 2 is 1.92 bits per heavy atom. The summed E-state index contributed by atoms with van der Waals surface area (Å²) >= 11 is 0. The van der Waals surface area contributed by atoms with Crippen LogP contribution < -0.4 is 0 Å². The van der Waals surface area contributed by atoms with Gasteiger partial charge in [0.1, 0.15) is 16.5 Å². The summed E-state index contributed by atoms with van der Waals surface area (Å²) in [6.07, 6.45) is -4.17. The topological polar surface area (TPSA) is 76.3 Å². The van der Waals surface area contributed by atoms with Crippen molar-refractivity contribution in [3.05, 3.63) is 41.6 Å². The Labute approximate surface area is 144 Å². The number of halogens is 5. The normalized spacial score (nSPS) is 19.7. The van der Waals surface area contributed by atoms with Gasteiger partial charge in [-0.05, 0) is 25.0 Å². The quantitative estimate of drug-likeness (QED) is 0.745. The molecule has 1 unspecified atom stereocenters. The van der Waals surface area contributed by atoms with Gasteiger partial charge in [-0.1, -0.05) is 0 Å². The minimum absolute atomic E-state index is 0.0376. The summed E-state index contributed by atoms with van der Waals surface area (Å²) in [6, 6.07) is 2.06. The van der Waals surface area contributed by atoms with Crippen LogP contribution in [0.4, 0.5) is 22.0 Å². The van der Waals surface area contributed by atoms with Crippen LogP contribution in [0.15, 0.2) is 27.5 Å². The van der Waals surface area contributed by atoms with Gasteiger partial charge in [-0.25, -0.2) is 17.2 Å². The molecule has 1 fully saturated rings. The second-order valence-corrected chi connectivity index (χ2v) is 7.63. The predicted octanol–water partition coefficient (Wildman–Crippen LogP) is 2.93. The van der Waals surface area contributed by atoms with E-state index in [2.05, 4.69) is 14.6 Å². The highest BCUT2D eigenvalue weighted by Crippen LogP contribution is 2.33. The first kappa shape index (κ1) is 18.7. The molecule has 0 spiro atoms. The summed E-state index contributed by atoms with van der Waals surface area (Å²) in [7, 11) is -4.29. The van der Waals surface area contributed by atoms with Crippen LogP contribution in [0, 0.1) is 11.6 Å². The molecule has 142 valence electrons. The van der Waals surface area contributed by atoms with Gasteiger partial charge >= 0.3 is 12.1 Å². The van der Waals surface area contributed by atoms with Crippen LogP contribution in [0.2, 0.25) is 0 Å². The first-order valence-electron chi connectivity index (χ1n) is 7.45. The lowest BCUT2D eigenvalue weighted by molar-refractivity contribution is -0.157. The van der Waals surface area contributed by atoms with Crippen molar-refractivity contribution < 1.29 is 34.8 Å². The van der Waals surface area contributed by atoms with Gasteiger partial charge in [-0.15, -0.1) is 10.2 Å².